The fourth-order valence-corrected chi connectivity index (χ4v) is 6.53. The number of hydrogen-bond donors (Lipinski definition) is 0. The van der Waals surface area contributed by atoms with Crippen LogP contribution in [-0.4, -0.2) is 51.8 Å². The summed E-state index contributed by atoms with van der Waals surface area (Å²) in [5.74, 6) is 0.708. The Kier molecular flexibility index (Phi) is 8.45. The number of hydrogen-bond acceptors (Lipinski definition) is 7. The van der Waals surface area contributed by atoms with E-state index in [-0.39, 0.29) is 40.8 Å². The van der Waals surface area contributed by atoms with Crippen LogP contribution in [0.5, 0.6) is 5.75 Å². The quantitative estimate of drug-likeness (QED) is 0.149. The summed E-state index contributed by atoms with van der Waals surface area (Å²) in [5, 5.41) is 11.6. The number of aromatic nitrogens is 1. The highest BCUT2D eigenvalue weighted by molar-refractivity contribution is 8.18. The summed E-state index contributed by atoms with van der Waals surface area (Å²) in [5.41, 5.74) is 6.05. The fraction of sp³-hybridized carbons (Fsp3) is 0.375. The number of nitro benzene ring substituents is 1. The van der Waals surface area contributed by atoms with Gasteiger partial charge in [-0.3, -0.25) is 24.6 Å². The number of carbonyl (C=O) groups excluding carboxylic acids is 2. The standard InChI is InChI=1S/C32H36N4O5S/c1-20(2)26-10-8-21(3)16-29(26)41-15-14-34-31(37)30(42-32(34)38)18-24-17-22(4)35(23(24)5)25-9-11-27(28(19-25)36(39)40)33-12-6-7-13-33/h8-11,16-20H,6-7,12-15H2,1-5H3/b30-18-. The third-order valence-corrected chi connectivity index (χ3v) is 8.76. The third kappa shape index (κ3) is 5.81. The molecule has 0 bridgehead atoms. The fourth-order valence-electron chi connectivity index (χ4n) is 5.68. The molecule has 1 aromatic heterocycles. The summed E-state index contributed by atoms with van der Waals surface area (Å²) >= 11 is 0.914. The average molecular weight is 589 g/mol. The first-order chi connectivity index (χ1) is 20.0. The predicted octanol–water partition coefficient (Wildman–Crippen LogP) is 7.15. The number of carbonyl (C=O) groups is 2. The summed E-state index contributed by atoms with van der Waals surface area (Å²) in [6, 6.07) is 13.3. The zero-order valence-electron chi connectivity index (χ0n) is 24.7. The number of amides is 2. The molecule has 5 rings (SSSR count). The minimum absolute atomic E-state index is 0.0815. The van der Waals surface area contributed by atoms with Crippen molar-refractivity contribution in [2.24, 2.45) is 0 Å². The molecule has 0 unspecified atom stereocenters. The maximum atomic E-state index is 13.2. The molecule has 2 fully saturated rings. The number of nitro groups is 1. The molecule has 42 heavy (non-hydrogen) atoms. The molecule has 2 aromatic carbocycles. The van der Waals surface area contributed by atoms with Gasteiger partial charge in [0.15, 0.2) is 0 Å². The van der Waals surface area contributed by atoms with Crippen LogP contribution in [0, 0.1) is 30.9 Å². The predicted molar refractivity (Wildman–Crippen MR) is 167 cm³/mol. The van der Waals surface area contributed by atoms with Gasteiger partial charge in [0.1, 0.15) is 18.0 Å². The van der Waals surface area contributed by atoms with E-state index in [0.717, 1.165) is 71.5 Å². The van der Waals surface area contributed by atoms with Gasteiger partial charge < -0.3 is 14.2 Å². The van der Waals surface area contributed by atoms with Crippen molar-refractivity contribution in [3.8, 4) is 11.4 Å². The first kappa shape index (κ1) is 29.4. The first-order valence-electron chi connectivity index (χ1n) is 14.3. The van der Waals surface area contributed by atoms with Crippen LogP contribution in [0.4, 0.5) is 16.2 Å². The Morgan fingerprint density at radius 3 is 2.48 bits per heavy atom. The molecule has 3 aromatic rings. The largest absolute Gasteiger partial charge is 0.491 e. The van der Waals surface area contributed by atoms with E-state index in [1.165, 1.54) is 4.90 Å². The van der Waals surface area contributed by atoms with Crippen LogP contribution in [0.25, 0.3) is 11.8 Å². The van der Waals surface area contributed by atoms with E-state index < -0.39 is 0 Å². The molecule has 2 saturated heterocycles. The zero-order chi connectivity index (χ0) is 30.1. The highest BCUT2D eigenvalue weighted by Gasteiger charge is 2.35. The van der Waals surface area contributed by atoms with Crippen molar-refractivity contribution in [3.05, 3.63) is 85.6 Å². The van der Waals surface area contributed by atoms with Gasteiger partial charge in [0.2, 0.25) is 0 Å². The molecule has 10 heteroatoms. The maximum Gasteiger partial charge on any atom is 0.294 e. The van der Waals surface area contributed by atoms with Crippen molar-refractivity contribution < 1.29 is 19.2 Å². The molecule has 2 amide bonds. The summed E-state index contributed by atoms with van der Waals surface area (Å²) in [7, 11) is 0. The van der Waals surface area contributed by atoms with E-state index in [2.05, 4.69) is 24.8 Å². The van der Waals surface area contributed by atoms with Crippen molar-refractivity contribution in [1.29, 1.82) is 0 Å². The third-order valence-electron chi connectivity index (χ3n) is 7.85. The van der Waals surface area contributed by atoms with Crippen LogP contribution in [0.2, 0.25) is 0 Å². The molecule has 0 N–H and O–H groups in total. The van der Waals surface area contributed by atoms with Crippen LogP contribution in [0.3, 0.4) is 0 Å². The van der Waals surface area contributed by atoms with E-state index in [0.29, 0.717) is 16.3 Å². The minimum atomic E-state index is -0.350. The summed E-state index contributed by atoms with van der Waals surface area (Å²) in [6.45, 7) is 12.0. The van der Waals surface area contributed by atoms with E-state index in [4.69, 9.17) is 4.74 Å². The number of rotatable bonds is 9. The SMILES string of the molecule is Cc1ccc(C(C)C)c(OCCN2C(=O)S/C(=C\c3cc(C)n(-c4ccc(N5CCCC5)c([N+](=O)[O-])c4)c3C)C2=O)c1. The van der Waals surface area contributed by atoms with E-state index >= 15 is 0 Å². The van der Waals surface area contributed by atoms with Crippen LogP contribution < -0.4 is 9.64 Å². The molecule has 0 spiro atoms. The number of aryl methyl sites for hydroxylation is 2. The molecule has 3 heterocycles. The second kappa shape index (κ2) is 12.1. The summed E-state index contributed by atoms with van der Waals surface area (Å²) in [4.78, 5) is 41.3. The molecule has 0 saturated carbocycles. The van der Waals surface area contributed by atoms with Crippen molar-refractivity contribution in [2.75, 3.05) is 31.1 Å². The normalized spacial score (nSPS) is 16.4. The average Bonchev–Trinajstić information content (AvgIpc) is 3.64. The van der Waals surface area contributed by atoms with Gasteiger partial charge >= 0.3 is 0 Å². The lowest BCUT2D eigenvalue weighted by Crippen LogP contribution is -2.32. The number of anilines is 1. The van der Waals surface area contributed by atoms with Crippen molar-refractivity contribution >= 4 is 40.4 Å². The van der Waals surface area contributed by atoms with Crippen molar-refractivity contribution in [1.82, 2.24) is 9.47 Å². The minimum Gasteiger partial charge on any atom is -0.491 e. The maximum absolute atomic E-state index is 13.2. The highest BCUT2D eigenvalue weighted by Crippen LogP contribution is 2.36. The van der Waals surface area contributed by atoms with Gasteiger partial charge in [-0.05, 0) is 98.3 Å². The Balaban J connectivity index is 1.34. The van der Waals surface area contributed by atoms with E-state index in [1.807, 2.05) is 55.7 Å². The number of imide groups is 1. The Labute approximate surface area is 250 Å². The Morgan fingerprint density at radius 2 is 1.79 bits per heavy atom. The molecule has 0 aliphatic carbocycles. The van der Waals surface area contributed by atoms with Gasteiger partial charge in [-0.1, -0.05) is 26.0 Å². The van der Waals surface area contributed by atoms with Crippen LogP contribution >= 0.6 is 11.8 Å². The van der Waals surface area contributed by atoms with Crippen LogP contribution in [-0.2, 0) is 4.79 Å². The second-order valence-corrected chi connectivity index (χ2v) is 12.2. The molecule has 9 nitrogen and oxygen atoms in total. The van der Waals surface area contributed by atoms with Crippen LogP contribution in [0.15, 0.2) is 47.4 Å². The van der Waals surface area contributed by atoms with E-state index in [9.17, 15) is 19.7 Å². The smallest absolute Gasteiger partial charge is 0.294 e. The lowest BCUT2D eigenvalue weighted by Gasteiger charge is -2.19. The Hall–Kier alpha value is -4.05. The zero-order valence-corrected chi connectivity index (χ0v) is 25.5. The van der Waals surface area contributed by atoms with Gasteiger partial charge in [-0.2, -0.15) is 0 Å². The first-order valence-corrected chi connectivity index (χ1v) is 15.1. The molecular weight excluding hydrogens is 552 g/mol. The highest BCUT2D eigenvalue weighted by atomic mass is 32.2. The van der Waals surface area contributed by atoms with Gasteiger partial charge in [-0.25, -0.2) is 0 Å². The van der Waals surface area contributed by atoms with E-state index in [1.54, 1.807) is 12.1 Å². The van der Waals surface area contributed by atoms with Gasteiger partial charge in [-0.15, -0.1) is 0 Å². The van der Waals surface area contributed by atoms with Crippen LogP contribution in [0.1, 0.15) is 60.7 Å². The number of ether oxygens (including phenoxy) is 1. The molecule has 0 atom stereocenters. The molecule has 2 aliphatic heterocycles. The summed E-state index contributed by atoms with van der Waals surface area (Å²) < 4.78 is 7.96. The number of benzene rings is 2. The molecule has 220 valence electrons. The lowest BCUT2D eigenvalue weighted by atomic mass is 10.0. The molecule has 2 aliphatic rings. The van der Waals surface area contributed by atoms with Gasteiger partial charge in [0.25, 0.3) is 16.8 Å². The second-order valence-electron chi connectivity index (χ2n) is 11.2. The topological polar surface area (TPSA) is 97.9 Å². The monoisotopic (exact) mass is 588 g/mol. The lowest BCUT2D eigenvalue weighted by molar-refractivity contribution is -0.384. The Bertz CT molecular complexity index is 1590. The number of thioether (sulfide) groups is 1. The van der Waals surface area contributed by atoms with Crippen molar-refractivity contribution in [3.63, 3.8) is 0 Å². The Morgan fingerprint density at radius 1 is 1.05 bits per heavy atom. The summed E-state index contributed by atoms with van der Waals surface area (Å²) in [6.07, 6.45) is 3.79. The van der Waals surface area contributed by atoms with Gasteiger partial charge in [0.05, 0.1) is 22.1 Å². The number of nitrogens with zero attached hydrogens (tertiary/aromatic N) is 4. The van der Waals surface area contributed by atoms with Gasteiger partial charge in [0, 0.05) is 30.5 Å². The molecular formula is C32H36N4O5S. The van der Waals surface area contributed by atoms with Crippen molar-refractivity contribution in [2.45, 2.75) is 53.4 Å². The molecule has 0 radical (unpaired) electrons.